The van der Waals surface area contributed by atoms with Gasteiger partial charge in [0.1, 0.15) is 0 Å². The van der Waals surface area contributed by atoms with Crippen LogP contribution in [0.15, 0.2) is 72.1 Å². The van der Waals surface area contributed by atoms with Crippen molar-refractivity contribution in [2.24, 2.45) is 0 Å². The van der Waals surface area contributed by atoms with Gasteiger partial charge in [0.05, 0.1) is 30.7 Å². The molecule has 0 spiro atoms. The minimum absolute atomic E-state index is 0. The van der Waals surface area contributed by atoms with Crippen molar-refractivity contribution in [2.45, 2.75) is 19.5 Å². The largest absolute Gasteiger partial charge is 1.00 e. The van der Waals surface area contributed by atoms with Crippen molar-refractivity contribution in [3.8, 4) is 0 Å². The monoisotopic (exact) mass is 346 g/mol. The van der Waals surface area contributed by atoms with Gasteiger partial charge < -0.3 is 17.0 Å². The normalized spacial score (nSPS) is 21.1. The molecule has 0 saturated carbocycles. The predicted octanol–water partition coefficient (Wildman–Crippen LogP) is 1.84. The molecule has 1 heterocycles. The SMILES string of the molecule is CC1=C[P+](Cc2ccccc2)(c2ccccc2)CC1.[Br-]. The summed E-state index contributed by atoms with van der Waals surface area (Å²) >= 11 is 0. The molecule has 1 aliphatic rings. The highest BCUT2D eigenvalue weighted by Gasteiger charge is 2.41. The van der Waals surface area contributed by atoms with E-state index in [-0.39, 0.29) is 17.0 Å². The summed E-state index contributed by atoms with van der Waals surface area (Å²) in [5, 5.41) is 1.57. The molecule has 2 aromatic rings. The first-order chi connectivity index (χ1) is 9.28. The molecule has 20 heavy (non-hydrogen) atoms. The van der Waals surface area contributed by atoms with Crippen molar-refractivity contribution >= 4 is 12.6 Å². The lowest BCUT2D eigenvalue weighted by molar-refractivity contribution is -0.00000391. The predicted molar refractivity (Wildman–Crippen MR) is 86.4 cm³/mol. The Labute approximate surface area is 133 Å². The number of allylic oxidation sites excluding steroid dienone is 1. The summed E-state index contributed by atoms with van der Waals surface area (Å²) < 4.78 is 0. The van der Waals surface area contributed by atoms with Crippen LogP contribution in [0.2, 0.25) is 0 Å². The Morgan fingerprint density at radius 3 is 2.05 bits per heavy atom. The number of halogens is 1. The summed E-state index contributed by atoms with van der Waals surface area (Å²) in [6.45, 7) is 2.29. The molecule has 0 N–H and O–H groups in total. The zero-order chi connectivity index (χ0) is 13.1. The molecule has 0 radical (unpaired) electrons. The minimum Gasteiger partial charge on any atom is -1.00 e. The molecule has 1 aliphatic heterocycles. The molecule has 0 aromatic heterocycles. The van der Waals surface area contributed by atoms with Crippen LogP contribution in [0.1, 0.15) is 18.9 Å². The van der Waals surface area contributed by atoms with Crippen LogP contribution in [-0.4, -0.2) is 6.16 Å². The van der Waals surface area contributed by atoms with Gasteiger partial charge in [0.2, 0.25) is 0 Å². The van der Waals surface area contributed by atoms with Crippen molar-refractivity contribution in [2.75, 3.05) is 6.16 Å². The molecule has 0 amide bonds. The van der Waals surface area contributed by atoms with Crippen LogP contribution in [0.4, 0.5) is 0 Å². The number of hydrogen-bond donors (Lipinski definition) is 0. The van der Waals surface area contributed by atoms with Crippen LogP contribution in [0.5, 0.6) is 0 Å². The molecular weight excluding hydrogens is 327 g/mol. The van der Waals surface area contributed by atoms with Gasteiger partial charge in [-0.1, -0.05) is 48.5 Å². The van der Waals surface area contributed by atoms with E-state index in [2.05, 4.69) is 73.4 Å². The third-order valence-electron chi connectivity index (χ3n) is 3.95. The molecule has 0 bridgehead atoms. The second-order valence-electron chi connectivity index (χ2n) is 5.46. The van der Waals surface area contributed by atoms with E-state index < -0.39 is 7.26 Å². The highest BCUT2D eigenvalue weighted by Crippen LogP contribution is 2.66. The van der Waals surface area contributed by atoms with Crippen molar-refractivity contribution in [1.29, 1.82) is 0 Å². The van der Waals surface area contributed by atoms with E-state index in [0.29, 0.717) is 0 Å². The van der Waals surface area contributed by atoms with Gasteiger partial charge >= 0.3 is 0 Å². The Morgan fingerprint density at radius 1 is 0.900 bits per heavy atom. The molecule has 104 valence electrons. The van der Waals surface area contributed by atoms with Crippen molar-refractivity contribution in [3.05, 3.63) is 77.6 Å². The van der Waals surface area contributed by atoms with Crippen LogP contribution in [0, 0.1) is 0 Å². The van der Waals surface area contributed by atoms with Crippen LogP contribution < -0.4 is 22.3 Å². The van der Waals surface area contributed by atoms with Gasteiger partial charge in [0, 0.05) is 6.42 Å². The molecule has 2 aromatic carbocycles. The molecule has 2 heteroatoms. The lowest BCUT2D eigenvalue weighted by atomic mass is 10.2. The zero-order valence-corrected chi connectivity index (χ0v) is 14.3. The fourth-order valence-corrected chi connectivity index (χ4v) is 7.30. The van der Waals surface area contributed by atoms with Gasteiger partial charge in [0.25, 0.3) is 0 Å². The molecule has 1 atom stereocenters. The highest BCUT2D eigenvalue weighted by atomic mass is 79.9. The maximum absolute atomic E-state index is 2.61. The number of benzene rings is 2. The van der Waals surface area contributed by atoms with Gasteiger partial charge in [-0.05, 0) is 30.2 Å². The summed E-state index contributed by atoms with van der Waals surface area (Å²) in [6.07, 6.45) is 3.84. The number of rotatable bonds is 3. The number of hydrogen-bond acceptors (Lipinski definition) is 0. The average Bonchev–Trinajstić information content (AvgIpc) is 2.83. The van der Waals surface area contributed by atoms with E-state index in [1.807, 2.05) is 0 Å². The van der Waals surface area contributed by atoms with Gasteiger partial charge in [-0.3, -0.25) is 0 Å². The van der Waals surface area contributed by atoms with Crippen LogP contribution in [0.3, 0.4) is 0 Å². The maximum atomic E-state index is 2.61. The first-order valence-corrected chi connectivity index (χ1v) is 9.16. The van der Waals surface area contributed by atoms with E-state index >= 15 is 0 Å². The Hall–Kier alpha value is -0.910. The topological polar surface area (TPSA) is 0 Å². The summed E-state index contributed by atoms with van der Waals surface area (Å²) in [5.41, 5.74) is 3.05. The van der Waals surface area contributed by atoms with Crippen LogP contribution in [0.25, 0.3) is 0 Å². The highest BCUT2D eigenvalue weighted by molar-refractivity contribution is 7.85. The third kappa shape index (κ3) is 3.22. The maximum Gasteiger partial charge on any atom is 0.0989 e. The summed E-state index contributed by atoms with van der Waals surface area (Å²) in [6, 6.07) is 22.1. The lowest BCUT2D eigenvalue weighted by Gasteiger charge is -2.20. The smallest absolute Gasteiger partial charge is 0.0989 e. The van der Waals surface area contributed by atoms with Gasteiger partial charge in [-0.15, -0.1) is 0 Å². The van der Waals surface area contributed by atoms with Crippen molar-refractivity contribution in [3.63, 3.8) is 0 Å². The van der Waals surface area contributed by atoms with Crippen molar-refractivity contribution in [1.82, 2.24) is 0 Å². The molecule has 0 nitrogen and oxygen atoms in total. The van der Waals surface area contributed by atoms with Crippen LogP contribution in [-0.2, 0) is 6.16 Å². The van der Waals surface area contributed by atoms with E-state index in [1.54, 1.807) is 10.9 Å². The van der Waals surface area contributed by atoms with E-state index in [4.69, 9.17) is 0 Å². The third-order valence-corrected chi connectivity index (χ3v) is 8.16. The molecule has 0 fully saturated rings. The quantitative estimate of drug-likeness (QED) is 0.744. The second-order valence-corrected chi connectivity index (χ2v) is 9.07. The van der Waals surface area contributed by atoms with Gasteiger partial charge in [0.15, 0.2) is 0 Å². The fraction of sp³-hybridized carbons (Fsp3) is 0.222. The average molecular weight is 347 g/mol. The molecule has 3 rings (SSSR count). The first-order valence-electron chi connectivity index (χ1n) is 6.93. The fourth-order valence-electron chi connectivity index (χ4n) is 2.98. The Balaban J connectivity index is 0.00000147. The summed E-state index contributed by atoms with van der Waals surface area (Å²) in [7, 11) is -1.14. The second kappa shape index (κ2) is 6.70. The molecule has 1 unspecified atom stereocenters. The Bertz CT molecular complexity index is 577. The molecule has 0 saturated heterocycles. The van der Waals surface area contributed by atoms with E-state index in [9.17, 15) is 0 Å². The first kappa shape index (κ1) is 15.5. The lowest BCUT2D eigenvalue weighted by Crippen LogP contribution is -3.00. The molecular formula is C18H20BrP. The summed E-state index contributed by atoms with van der Waals surface area (Å²) in [4.78, 5) is 0. The van der Waals surface area contributed by atoms with Gasteiger partial charge in [-0.2, -0.15) is 0 Å². The standard InChI is InChI=1S/C18H20P.BrH/c1-16-12-13-19(14-16,18-10-6-3-7-11-18)15-17-8-4-2-5-9-17;/h2-11,14H,12-13,15H2,1H3;1H/q+1;/p-1. The van der Waals surface area contributed by atoms with Crippen LogP contribution >= 0.6 is 7.26 Å². The Kier molecular flexibility index (Phi) is 5.18. The minimum atomic E-state index is -1.14. The van der Waals surface area contributed by atoms with Gasteiger partial charge in [-0.25, -0.2) is 0 Å². The van der Waals surface area contributed by atoms with E-state index in [1.165, 1.54) is 24.3 Å². The zero-order valence-electron chi connectivity index (χ0n) is 11.8. The summed E-state index contributed by atoms with van der Waals surface area (Å²) in [5.74, 6) is 2.61. The molecule has 0 aliphatic carbocycles. The van der Waals surface area contributed by atoms with Crippen molar-refractivity contribution < 1.29 is 17.0 Å². The van der Waals surface area contributed by atoms with E-state index in [0.717, 1.165) is 0 Å². The Morgan fingerprint density at radius 2 is 1.50 bits per heavy atom.